The quantitative estimate of drug-likeness (QED) is 0.700. The van der Waals surface area contributed by atoms with E-state index in [0.29, 0.717) is 27.7 Å². The van der Waals surface area contributed by atoms with Gasteiger partial charge in [-0.3, -0.25) is 14.7 Å². The molecule has 0 fully saturated rings. The molecule has 1 aromatic heterocycles. The summed E-state index contributed by atoms with van der Waals surface area (Å²) in [5.41, 5.74) is 2.00. The number of aromatic amines is 1. The molecule has 1 heterocycles. The largest absolute Gasteiger partial charge is 0.495 e. The van der Waals surface area contributed by atoms with Gasteiger partial charge in [-0.15, -0.1) is 0 Å². The van der Waals surface area contributed by atoms with Crippen molar-refractivity contribution >= 4 is 23.2 Å². The molecule has 2 N–H and O–H groups in total. The van der Waals surface area contributed by atoms with Crippen LogP contribution in [0, 0.1) is 12.7 Å². The normalized spacial score (nSPS) is 10.7. The third kappa shape index (κ3) is 4.20. The Hall–Kier alpha value is -3.06. The van der Waals surface area contributed by atoms with E-state index >= 15 is 0 Å². The number of ether oxygens (including phenoxy) is 1. The van der Waals surface area contributed by atoms with Crippen LogP contribution in [-0.2, 0) is 11.3 Å². The van der Waals surface area contributed by atoms with Crippen LogP contribution in [0.3, 0.4) is 0 Å². The maximum absolute atomic E-state index is 13.0. The number of carbonyl (C=O) groups excluding carboxylic acids is 1. The molecule has 0 aliphatic rings. The number of methoxy groups -OCH3 is 1. The number of aryl methyl sites for hydroxylation is 1. The van der Waals surface area contributed by atoms with Crippen LogP contribution in [0.25, 0.3) is 11.3 Å². The maximum Gasteiger partial charge on any atom is 0.267 e. The van der Waals surface area contributed by atoms with Crippen LogP contribution >= 0.6 is 11.6 Å². The maximum atomic E-state index is 13.0. The number of H-pyrrole nitrogens is 1. The van der Waals surface area contributed by atoms with Gasteiger partial charge in [-0.1, -0.05) is 11.6 Å². The molecule has 0 atom stereocenters. The number of hydrogen-bond acceptors (Lipinski definition) is 3. The molecule has 3 rings (SSSR count). The van der Waals surface area contributed by atoms with Gasteiger partial charge in [0.1, 0.15) is 18.1 Å². The van der Waals surface area contributed by atoms with Gasteiger partial charge in [-0.25, -0.2) is 9.07 Å². The number of halogens is 2. The van der Waals surface area contributed by atoms with Crippen molar-refractivity contribution in [2.45, 2.75) is 13.5 Å². The van der Waals surface area contributed by atoms with E-state index in [1.807, 2.05) is 6.92 Å². The minimum Gasteiger partial charge on any atom is -0.495 e. The molecule has 0 saturated heterocycles. The third-order valence-electron chi connectivity index (χ3n) is 4.00. The number of amides is 1. The first-order chi connectivity index (χ1) is 12.9. The van der Waals surface area contributed by atoms with Crippen LogP contribution in [0.4, 0.5) is 10.1 Å². The van der Waals surface area contributed by atoms with Crippen LogP contribution < -0.4 is 15.6 Å². The fourth-order valence-electron chi connectivity index (χ4n) is 2.59. The van der Waals surface area contributed by atoms with Gasteiger partial charge >= 0.3 is 0 Å². The number of rotatable bonds is 5. The molecule has 0 unspecified atom stereocenters. The van der Waals surface area contributed by atoms with Gasteiger partial charge in [0.05, 0.1) is 18.5 Å². The summed E-state index contributed by atoms with van der Waals surface area (Å²) in [5, 5.41) is 6.08. The van der Waals surface area contributed by atoms with E-state index in [9.17, 15) is 14.0 Å². The zero-order valence-corrected chi connectivity index (χ0v) is 15.4. The van der Waals surface area contributed by atoms with Crippen LogP contribution in [0.5, 0.6) is 5.75 Å². The first-order valence-electron chi connectivity index (χ1n) is 8.07. The van der Waals surface area contributed by atoms with Gasteiger partial charge in [-0.05, 0) is 48.4 Å². The monoisotopic (exact) mass is 389 g/mol. The van der Waals surface area contributed by atoms with Gasteiger partial charge in [0.2, 0.25) is 5.91 Å². The highest BCUT2D eigenvalue weighted by Crippen LogP contribution is 2.30. The molecule has 0 spiro atoms. The van der Waals surface area contributed by atoms with Crippen molar-refractivity contribution in [3.05, 3.63) is 69.2 Å². The molecule has 0 bridgehead atoms. The molecular formula is C19H17ClFN3O3. The minimum absolute atomic E-state index is 0.217. The Morgan fingerprint density at radius 3 is 2.63 bits per heavy atom. The molecule has 2 aromatic carbocycles. The third-order valence-corrected chi connectivity index (χ3v) is 4.41. The summed E-state index contributed by atoms with van der Waals surface area (Å²) in [5.74, 6) is -0.360. The highest BCUT2D eigenvalue weighted by atomic mass is 35.5. The van der Waals surface area contributed by atoms with Crippen LogP contribution in [0.1, 0.15) is 5.56 Å². The lowest BCUT2D eigenvalue weighted by atomic mass is 10.1. The lowest BCUT2D eigenvalue weighted by molar-refractivity contribution is -0.117. The van der Waals surface area contributed by atoms with E-state index in [-0.39, 0.29) is 17.9 Å². The van der Waals surface area contributed by atoms with Gasteiger partial charge in [0.15, 0.2) is 0 Å². The Balaban J connectivity index is 1.78. The van der Waals surface area contributed by atoms with Gasteiger partial charge in [-0.2, -0.15) is 0 Å². The van der Waals surface area contributed by atoms with E-state index in [1.54, 1.807) is 24.3 Å². The summed E-state index contributed by atoms with van der Waals surface area (Å²) in [6.45, 7) is 1.59. The van der Waals surface area contributed by atoms with E-state index in [4.69, 9.17) is 16.3 Å². The second kappa shape index (κ2) is 7.67. The van der Waals surface area contributed by atoms with E-state index in [2.05, 4.69) is 10.4 Å². The summed E-state index contributed by atoms with van der Waals surface area (Å²) in [6, 6.07) is 10.4. The number of carbonyl (C=O) groups is 1. The van der Waals surface area contributed by atoms with Crippen molar-refractivity contribution in [3.63, 3.8) is 0 Å². The summed E-state index contributed by atoms with van der Waals surface area (Å²) in [4.78, 5) is 24.5. The molecular weight excluding hydrogens is 373 g/mol. The molecule has 0 saturated carbocycles. The number of aromatic nitrogens is 2. The zero-order chi connectivity index (χ0) is 19.6. The summed E-state index contributed by atoms with van der Waals surface area (Å²) < 4.78 is 19.4. The number of benzene rings is 2. The predicted octanol–water partition coefficient (Wildman–Crippen LogP) is 3.59. The predicted molar refractivity (Wildman–Crippen MR) is 102 cm³/mol. The summed E-state index contributed by atoms with van der Waals surface area (Å²) in [7, 11) is 1.47. The van der Waals surface area contributed by atoms with Crippen molar-refractivity contribution in [1.29, 1.82) is 0 Å². The molecule has 1 amide bonds. The topological polar surface area (TPSA) is 76.1 Å². The van der Waals surface area contributed by atoms with E-state index in [1.165, 1.54) is 30.0 Å². The second-order valence-electron chi connectivity index (χ2n) is 5.95. The number of hydrogen-bond donors (Lipinski definition) is 2. The molecule has 0 aliphatic heterocycles. The number of nitrogens with one attached hydrogen (secondary N) is 2. The van der Waals surface area contributed by atoms with Crippen molar-refractivity contribution in [2.75, 3.05) is 12.4 Å². The smallest absolute Gasteiger partial charge is 0.267 e. The summed E-state index contributed by atoms with van der Waals surface area (Å²) in [6.07, 6.45) is 0. The SMILES string of the molecule is COc1cc(Cl)c(C)cc1NC(=O)Cn1[nH]c(-c2ccc(F)cc2)cc1=O. The molecule has 140 valence electrons. The minimum atomic E-state index is -0.412. The van der Waals surface area contributed by atoms with Gasteiger partial charge in [0, 0.05) is 17.2 Å². The Bertz CT molecular complexity index is 1040. The summed E-state index contributed by atoms with van der Waals surface area (Å²) >= 11 is 6.06. The average molecular weight is 390 g/mol. The molecule has 8 heteroatoms. The van der Waals surface area contributed by atoms with E-state index in [0.717, 1.165) is 5.56 Å². The van der Waals surface area contributed by atoms with Crippen LogP contribution in [-0.4, -0.2) is 22.8 Å². The van der Waals surface area contributed by atoms with Crippen LogP contribution in [0.2, 0.25) is 5.02 Å². The van der Waals surface area contributed by atoms with Crippen molar-refractivity contribution in [3.8, 4) is 17.0 Å². The van der Waals surface area contributed by atoms with Crippen molar-refractivity contribution < 1.29 is 13.9 Å². The van der Waals surface area contributed by atoms with Crippen LogP contribution in [0.15, 0.2) is 47.3 Å². The highest BCUT2D eigenvalue weighted by Gasteiger charge is 2.13. The molecule has 6 nitrogen and oxygen atoms in total. The zero-order valence-electron chi connectivity index (χ0n) is 14.7. The number of anilines is 1. The lowest BCUT2D eigenvalue weighted by Gasteiger charge is -2.12. The number of nitrogens with zero attached hydrogens (tertiary/aromatic N) is 1. The Labute approximate surface area is 159 Å². The Morgan fingerprint density at radius 2 is 1.96 bits per heavy atom. The standard InChI is InChI=1S/C19H17ClFN3O3/c1-11-7-16(17(27-2)8-14(11)20)22-18(25)10-24-19(26)9-15(23-24)12-3-5-13(21)6-4-12/h3-9,23H,10H2,1-2H3,(H,22,25). The lowest BCUT2D eigenvalue weighted by Crippen LogP contribution is -2.26. The molecule has 27 heavy (non-hydrogen) atoms. The Morgan fingerprint density at radius 1 is 1.26 bits per heavy atom. The van der Waals surface area contributed by atoms with E-state index < -0.39 is 5.91 Å². The average Bonchev–Trinajstić information content (AvgIpc) is 2.99. The van der Waals surface area contributed by atoms with Crippen molar-refractivity contribution in [2.24, 2.45) is 0 Å². The fraction of sp³-hybridized carbons (Fsp3) is 0.158. The fourth-order valence-corrected chi connectivity index (χ4v) is 2.75. The molecule has 3 aromatic rings. The van der Waals surface area contributed by atoms with Gasteiger partial charge < -0.3 is 10.1 Å². The first-order valence-corrected chi connectivity index (χ1v) is 8.45. The molecule has 0 aliphatic carbocycles. The first kappa shape index (κ1) is 18.7. The Kier molecular flexibility index (Phi) is 5.32. The van der Waals surface area contributed by atoms with Crippen molar-refractivity contribution in [1.82, 2.24) is 9.78 Å². The highest BCUT2D eigenvalue weighted by molar-refractivity contribution is 6.31. The second-order valence-corrected chi connectivity index (χ2v) is 6.36. The van der Waals surface area contributed by atoms with Gasteiger partial charge in [0.25, 0.3) is 5.56 Å². The molecule has 0 radical (unpaired) electrons.